The average Bonchev–Trinajstić information content (AvgIpc) is 2.56. The predicted molar refractivity (Wildman–Crippen MR) is 43.8 cm³/mol. The van der Waals surface area contributed by atoms with Crippen molar-refractivity contribution in [1.82, 2.24) is 0 Å². The van der Waals surface area contributed by atoms with Crippen molar-refractivity contribution >= 4 is 0 Å². The predicted octanol–water partition coefficient (Wildman–Crippen LogP) is 3.22. The van der Waals surface area contributed by atoms with Gasteiger partial charge in [0, 0.05) is 0 Å². The molecule has 2 rings (SSSR count). The van der Waals surface area contributed by atoms with Gasteiger partial charge in [-0.05, 0) is 24.2 Å². The molecule has 0 saturated heterocycles. The molecule has 10 heavy (non-hydrogen) atoms. The molecule has 0 heteroatoms. The fraction of sp³-hybridized carbons (Fsp3) is 1.00. The zero-order valence-corrected chi connectivity index (χ0v) is 6.97. The summed E-state index contributed by atoms with van der Waals surface area (Å²) in [4.78, 5) is 0. The van der Waals surface area contributed by atoms with E-state index in [4.69, 9.17) is 0 Å². The lowest BCUT2D eigenvalue weighted by Crippen LogP contribution is -1.97. The first kappa shape index (κ1) is 6.69. The molecule has 0 heterocycles. The Balaban J connectivity index is 1.79. The Morgan fingerprint density at radius 1 is 1.20 bits per heavy atom. The standard InChI is InChI=1S/C10H18/c1-2-8-7-10(8)9-5-3-4-6-9/h8-10H,2-7H2,1H3/t8?,10-/m0/s1. The van der Waals surface area contributed by atoms with Crippen LogP contribution in [0.25, 0.3) is 0 Å². The highest BCUT2D eigenvalue weighted by Gasteiger charge is 2.41. The van der Waals surface area contributed by atoms with E-state index in [2.05, 4.69) is 6.92 Å². The summed E-state index contributed by atoms with van der Waals surface area (Å²) in [6.07, 6.45) is 9.18. The van der Waals surface area contributed by atoms with E-state index in [0.717, 1.165) is 11.8 Å². The van der Waals surface area contributed by atoms with Crippen LogP contribution in [0.5, 0.6) is 0 Å². The molecular formula is C10H18. The number of hydrogen-bond acceptors (Lipinski definition) is 0. The van der Waals surface area contributed by atoms with Gasteiger partial charge in [-0.1, -0.05) is 39.0 Å². The van der Waals surface area contributed by atoms with Crippen LogP contribution >= 0.6 is 0 Å². The van der Waals surface area contributed by atoms with Crippen molar-refractivity contribution in [1.29, 1.82) is 0 Å². The van der Waals surface area contributed by atoms with Crippen LogP contribution in [0.3, 0.4) is 0 Å². The van der Waals surface area contributed by atoms with Crippen molar-refractivity contribution in [2.75, 3.05) is 0 Å². The fourth-order valence-electron chi connectivity index (χ4n) is 2.70. The van der Waals surface area contributed by atoms with Crippen molar-refractivity contribution in [2.24, 2.45) is 17.8 Å². The van der Waals surface area contributed by atoms with Crippen LogP contribution in [0, 0.1) is 17.8 Å². The first-order valence-corrected chi connectivity index (χ1v) is 4.92. The molecule has 0 radical (unpaired) electrons. The molecule has 0 amide bonds. The number of hydrogen-bond donors (Lipinski definition) is 0. The third-order valence-corrected chi connectivity index (χ3v) is 3.51. The summed E-state index contributed by atoms with van der Waals surface area (Å²) in [6.45, 7) is 2.35. The monoisotopic (exact) mass is 138 g/mol. The van der Waals surface area contributed by atoms with Gasteiger partial charge >= 0.3 is 0 Å². The van der Waals surface area contributed by atoms with Gasteiger partial charge in [0.25, 0.3) is 0 Å². The summed E-state index contributed by atoms with van der Waals surface area (Å²) in [5.41, 5.74) is 0. The van der Waals surface area contributed by atoms with E-state index in [1.165, 1.54) is 25.2 Å². The second-order valence-corrected chi connectivity index (χ2v) is 4.11. The molecule has 0 N–H and O–H groups in total. The Morgan fingerprint density at radius 2 is 1.90 bits per heavy atom. The molecule has 0 aromatic heterocycles. The molecule has 0 spiro atoms. The van der Waals surface area contributed by atoms with E-state index in [1.54, 1.807) is 19.3 Å². The van der Waals surface area contributed by atoms with E-state index in [0.29, 0.717) is 0 Å². The highest BCUT2D eigenvalue weighted by atomic mass is 14.5. The summed E-state index contributed by atoms with van der Waals surface area (Å²) in [7, 11) is 0. The quantitative estimate of drug-likeness (QED) is 0.549. The SMILES string of the molecule is CCC1C[C@@H]1C1CCCC1. The second-order valence-electron chi connectivity index (χ2n) is 4.11. The van der Waals surface area contributed by atoms with Crippen LogP contribution < -0.4 is 0 Å². The molecule has 0 aromatic carbocycles. The van der Waals surface area contributed by atoms with Gasteiger partial charge in [-0.25, -0.2) is 0 Å². The average molecular weight is 138 g/mol. The maximum Gasteiger partial charge on any atom is -0.0355 e. The Morgan fingerprint density at radius 3 is 2.40 bits per heavy atom. The van der Waals surface area contributed by atoms with Crippen LogP contribution in [-0.2, 0) is 0 Å². The molecule has 58 valence electrons. The van der Waals surface area contributed by atoms with Crippen molar-refractivity contribution in [3.05, 3.63) is 0 Å². The molecule has 2 fully saturated rings. The number of rotatable bonds is 2. The van der Waals surface area contributed by atoms with Gasteiger partial charge in [-0.15, -0.1) is 0 Å². The van der Waals surface area contributed by atoms with E-state index in [1.807, 2.05) is 0 Å². The third kappa shape index (κ3) is 1.09. The lowest BCUT2D eigenvalue weighted by molar-refractivity contribution is 0.445. The lowest BCUT2D eigenvalue weighted by atomic mass is 10.0. The van der Waals surface area contributed by atoms with Crippen molar-refractivity contribution in [3.8, 4) is 0 Å². The van der Waals surface area contributed by atoms with Crippen molar-refractivity contribution in [2.45, 2.75) is 45.4 Å². The fourth-order valence-corrected chi connectivity index (χ4v) is 2.70. The summed E-state index contributed by atoms with van der Waals surface area (Å²) in [5.74, 6) is 3.47. The van der Waals surface area contributed by atoms with Crippen LogP contribution in [-0.4, -0.2) is 0 Å². The van der Waals surface area contributed by atoms with Crippen molar-refractivity contribution < 1.29 is 0 Å². The van der Waals surface area contributed by atoms with Gasteiger partial charge in [0.2, 0.25) is 0 Å². The molecule has 0 aromatic rings. The van der Waals surface area contributed by atoms with Gasteiger partial charge in [0.15, 0.2) is 0 Å². The third-order valence-electron chi connectivity index (χ3n) is 3.51. The zero-order valence-electron chi connectivity index (χ0n) is 6.97. The Bertz CT molecular complexity index is 111. The van der Waals surface area contributed by atoms with E-state index < -0.39 is 0 Å². The van der Waals surface area contributed by atoms with E-state index >= 15 is 0 Å². The van der Waals surface area contributed by atoms with Crippen LogP contribution in [0.4, 0.5) is 0 Å². The highest BCUT2D eigenvalue weighted by molar-refractivity contribution is 4.91. The van der Waals surface area contributed by atoms with Crippen LogP contribution in [0.15, 0.2) is 0 Å². The molecule has 2 atom stereocenters. The Hall–Kier alpha value is 0. The van der Waals surface area contributed by atoms with Gasteiger partial charge in [-0.3, -0.25) is 0 Å². The molecule has 0 bridgehead atoms. The highest BCUT2D eigenvalue weighted by Crippen LogP contribution is 2.51. The molecule has 2 saturated carbocycles. The molecule has 1 unspecified atom stereocenters. The van der Waals surface area contributed by atoms with Crippen LogP contribution in [0.1, 0.15) is 45.4 Å². The molecular weight excluding hydrogens is 120 g/mol. The Labute approximate surface area is 64.0 Å². The lowest BCUT2D eigenvalue weighted by Gasteiger charge is -2.05. The zero-order chi connectivity index (χ0) is 6.97. The molecule has 0 nitrogen and oxygen atoms in total. The maximum atomic E-state index is 2.35. The minimum atomic E-state index is 1.14. The molecule has 2 aliphatic carbocycles. The summed E-state index contributed by atoms with van der Waals surface area (Å²) in [6, 6.07) is 0. The van der Waals surface area contributed by atoms with Crippen LogP contribution in [0.2, 0.25) is 0 Å². The maximum absolute atomic E-state index is 2.35. The van der Waals surface area contributed by atoms with Gasteiger partial charge in [0.1, 0.15) is 0 Å². The molecule has 0 aliphatic heterocycles. The summed E-state index contributed by atoms with van der Waals surface area (Å²) < 4.78 is 0. The van der Waals surface area contributed by atoms with E-state index in [-0.39, 0.29) is 0 Å². The largest absolute Gasteiger partial charge is 0.0651 e. The smallest absolute Gasteiger partial charge is 0.0355 e. The Kier molecular flexibility index (Phi) is 1.71. The summed E-state index contributed by atoms with van der Waals surface area (Å²) in [5, 5.41) is 0. The van der Waals surface area contributed by atoms with Gasteiger partial charge in [0.05, 0.1) is 0 Å². The van der Waals surface area contributed by atoms with Crippen molar-refractivity contribution in [3.63, 3.8) is 0 Å². The second kappa shape index (κ2) is 2.56. The van der Waals surface area contributed by atoms with Gasteiger partial charge in [-0.2, -0.15) is 0 Å². The minimum absolute atomic E-state index is 1.14. The van der Waals surface area contributed by atoms with E-state index in [9.17, 15) is 0 Å². The first-order valence-electron chi connectivity index (χ1n) is 4.92. The minimum Gasteiger partial charge on any atom is -0.0651 e. The first-order chi connectivity index (χ1) is 4.92. The van der Waals surface area contributed by atoms with Gasteiger partial charge < -0.3 is 0 Å². The summed E-state index contributed by atoms with van der Waals surface area (Å²) >= 11 is 0. The topological polar surface area (TPSA) is 0 Å². The normalized spacial score (nSPS) is 40.5. The molecule has 2 aliphatic rings.